The van der Waals surface area contributed by atoms with Gasteiger partial charge in [0.05, 0.1) is 6.54 Å². The van der Waals surface area contributed by atoms with Crippen molar-refractivity contribution < 1.29 is 25.1 Å². The summed E-state index contributed by atoms with van der Waals surface area (Å²) in [5, 5.41) is 9.96. The minimum atomic E-state index is -3.22. The summed E-state index contributed by atoms with van der Waals surface area (Å²) in [7, 11) is -3.22. The van der Waals surface area contributed by atoms with Gasteiger partial charge in [-0.2, -0.15) is 0 Å². The highest BCUT2D eigenvalue weighted by molar-refractivity contribution is 7.58. The maximum atomic E-state index is 11.1. The predicted octanol–water partition coefficient (Wildman–Crippen LogP) is -1.97. The summed E-state index contributed by atoms with van der Waals surface area (Å²) < 4.78 is 11.1. The topological polar surface area (TPSA) is 105 Å². The standard InChI is InChI=1S/C6H14NO4P/c7-3-1-4-12(10,11)5-2-6(8)9/h1-5,7H2,(H,8,9)(H,10,11). The largest absolute Gasteiger partial charge is 0.550 e. The van der Waals surface area contributed by atoms with Gasteiger partial charge in [-0.1, -0.05) is 0 Å². The van der Waals surface area contributed by atoms with E-state index in [1.807, 2.05) is 0 Å². The van der Waals surface area contributed by atoms with E-state index in [9.17, 15) is 14.5 Å². The summed E-state index contributed by atoms with van der Waals surface area (Å²) >= 11 is 0. The lowest BCUT2D eigenvalue weighted by Gasteiger charge is -2.10. The van der Waals surface area contributed by atoms with Crippen molar-refractivity contribution in [2.75, 3.05) is 18.9 Å². The van der Waals surface area contributed by atoms with Gasteiger partial charge in [0, 0.05) is 24.7 Å². The van der Waals surface area contributed by atoms with E-state index in [0.717, 1.165) is 0 Å². The van der Waals surface area contributed by atoms with E-state index in [-0.39, 0.29) is 18.7 Å². The first-order chi connectivity index (χ1) is 5.48. The molecule has 1 unspecified atom stereocenters. The first-order valence-corrected chi connectivity index (χ1v) is 5.81. The molecule has 0 heterocycles. The van der Waals surface area contributed by atoms with Crippen molar-refractivity contribution in [2.45, 2.75) is 12.8 Å². The molecule has 0 spiro atoms. The molecular weight excluding hydrogens is 181 g/mol. The minimum Gasteiger partial charge on any atom is -0.550 e. The smallest absolute Gasteiger partial charge is 0.201 e. The number of quaternary nitrogens is 1. The van der Waals surface area contributed by atoms with E-state index >= 15 is 0 Å². The van der Waals surface area contributed by atoms with E-state index < -0.39 is 13.3 Å². The van der Waals surface area contributed by atoms with Crippen molar-refractivity contribution in [3.63, 3.8) is 0 Å². The lowest BCUT2D eigenvalue weighted by molar-refractivity contribution is -0.367. The van der Waals surface area contributed by atoms with Gasteiger partial charge in [0.1, 0.15) is 0 Å². The fourth-order valence-electron chi connectivity index (χ4n) is 0.737. The van der Waals surface area contributed by atoms with Gasteiger partial charge >= 0.3 is 0 Å². The van der Waals surface area contributed by atoms with Crippen molar-refractivity contribution in [1.82, 2.24) is 0 Å². The highest BCUT2D eigenvalue weighted by atomic mass is 31.2. The third-order valence-corrected chi connectivity index (χ3v) is 3.36. The SMILES string of the molecule is [NH3+]CCCP(=O)(O)CCC(=O)[O-]. The van der Waals surface area contributed by atoms with Gasteiger partial charge in [-0.15, -0.1) is 0 Å². The second-order valence-electron chi connectivity index (χ2n) is 2.62. The van der Waals surface area contributed by atoms with Gasteiger partial charge in [-0.25, -0.2) is 0 Å². The van der Waals surface area contributed by atoms with Crippen LogP contribution in [0, 0.1) is 0 Å². The van der Waals surface area contributed by atoms with Crippen LogP contribution in [0.5, 0.6) is 0 Å². The molecule has 0 aliphatic carbocycles. The van der Waals surface area contributed by atoms with Gasteiger partial charge in [0.2, 0.25) is 7.37 Å². The Labute approximate surface area is 71.0 Å². The summed E-state index contributed by atoms with van der Waals surface area (Å²) in [5.41, 5.74) is 3.52. The van der Waals surface area contributed by atoms with Gasteiger partial charge in [0.15, 0.2) is 0 Å². The van der Waals surface area contributed by atoms with Crippen LogP contribution in [-0.2, 0) is 9.36 Å². The number of aliphatic carboxylic acids is 1. The van der Waals surface area contributed by atoms with Crippen molar-refractivity contribution in [3.8, 4) is 0 Å². The number of hydrogen-bond donors (Lipinski definition) is 2. The zero-order valence-corrected chi connectivity index (χ0v) is 7.76. The van der Waals surface area contributed by atoms with Crippen molar-refractivity contribution >= 4 is 13.3 Å². The van der Waals surface area contributed by atoms with Crippen LogP contribution in [0.1, 0.15) is 12.8 Å². The number of rotatable bonds is 6. The minimum absolute atomic E-state index is 0.157. The molecule has 0 fully saturated rings. The zero-order chi connectivity index (χ0) is 9.61. The first-order valence-electron chi connectivity index (χ1n) is 3.78. The molecule has 0 aliphatic heterocycles. The lowest BCUT2D eigenvalue weighted by Crippen LogP contribution is -2.50. The van der Waals surface area contributed by atoms with Crippen LogP contribution in [-0.4, -0.2) is 29.7 Å². The second kappa shape index (κ2) is 5.30. The summed E-state index contributed by atoms with van der Waals surface area (Å²) in [6.07, 6.45) is 0.185. The predicted molar refractivity (Wildman–Crippen MR) is 41.6 cm³/mol. The molecule has 0 radical (unpaired) electrons. The summed E-state index contributed by atoms with van der Waals surface area (Å²) in [6, 6.07) is 0. The first kappa shape index (κ1) is 11.6. The molecule has 1 atom stereocenters. The molecule has 0 aromatic rings. The van der Waals surface area contributed by atoms with Crippen molar-refractivity contribution in [2.24, 2.45) is 0 Å². The van der Waals surface area contributed by atoms with Gasteiger partial charge in [-0.05, 0) is 6.42 Å². The molecule has 0 rings (SSSR count). The second-order valence-corrected chi connectivity index (χ2v) is 5.21. The Morgan fingerprint density at radius 3 is 2.50 bits per heavy atom. The van der Waals surface area contributed by atoms with E-state index in [1.54, 1.807) is 0 Å². The fourth-order valence-corrected chi connectivity index (χ4v) is 2.21. The molecule has 5 nitrogen and oxygen atoms in total. The number of carboxylic acids is 1. The summed E-state index contributed by atoms with van der Waals surface area (Å²) in [5.74, 6) is -1.28. The fraction of sp³-hybridized carbons (Fsp3) is 0.833. The molecule has 0 aromatic heterocycles. The highest BCUT2D eigenvalue weighted by Gasteiger charge is 2.16. The van der Waals surface area contributed by atoms with Crippen LogP contribution in [0.15, 0.2) is 0 Å². The van der Waals surface area contributed by atoms with E-state index in [1.165, 1.54) is 0 Å². The molecule has 72 valence electrons. The Hall–Kier alpha value is -0.380. The molecule has 0 saturated heterocycles. The molecule has 0 bridgehead atoms. The van der Waals surface area contributed by atoms with Crippen LogP contribution in [0.2, 0.25) is 0 Å². The number of carboxylic acid groups (broad SMARTS) is 1. The van der Waals surface area contributed by atoms with Gasteiger partial charge in [-0.3, -0.25) is 4.57 Å². The molecular formula is C6H14NO4P. The number of carbonyl (C=O) groups excluding carboxylic acids is 1. The molecule has 0 aliphatic rings. The number of hydrogen-bond acceptors (Lipinski definition) is 3. The van der Waals surface area contributed by atoms with E-state index in [0.29, 0.717) is 13.0 Å². The zero-order valence-electron chi connectivity index (χ0n) is 6.86. The Kier molecular flexibility index (Phi) is 5.13. The van der Waals surface area contributed by atoms with E-state index in [4.69, 9.17) is 4.89 Å². The molecule has 0 saturated carbocycles. The lowest BCUT2D eigenvalue weighted by atomic mass is 10.5. The molecule has 0 aromatic carbocycles. The Balaban J connectivity index is 3.71. The van der Waals surface area contributed by atoms with Crippen molar-refractivity contribution in [1.29, 1.82) is 0 Å². The number of carbonyl (C=O) groups is 1. The Morgan fingerprint density at radius 1 is 1.50 bits per heavy atom. The average Bonchev–Trinajstić information content (AvgIpc) is 1.98. The summed E-state index contributed by atoms with van der Waals surface area (Å²) in [6.45, 7) is 0.593. The third kappa shape index (κ3) is 6.34. The van der Waals surface area contributed by atoms with Crippen LogP contribution >= 0.6 is 7.37 Å². The van der Waals surface area contributed by atoms with Crippen LogP contribution < -0.4 is 10.8 Å². The molecule has 0 amide bonds. The maximum absolute atomic E-state index is 11.1. The monoisotopic (exact) mass is 195 g/mol. The quantitative estimate of drug-likeness (QED) is 0.479. The highest BCUT2D eigenvalue weighted by Crippen LogP contribution is 2.41. The molecule has 12 heavy (non-hydrogen) atoms. The van der Waals surface area contributed by atoms with Crippen LogP contribution in [0.3, 0.4) is 0 Å². The Bertz CT molecular complexity index is 194. The molecule has 4 N–H and O–H groups in total. The van der Waals surface area contributed by atoms with Crippen LogP contribution in [0.25, 0.3) is 0 Å². The molecule has 6 heteroatoms. The van der Waals surface area contributed by atoms with Crippen LogP contribution in [0.4, 0.5) is 0 Å². The third-order valence-electron chi connectivity index (χ3n) is 1.42. The Morgan fingerprint density at radius 2 is 2.08 bits per heavy atom. The van der Waals surface area contributed by atoms with Gasteiger partial charge in [0.25, 0.3) is 0 Å². The van der Waals surface area contributed by atoms with E-state index in [2.05, 4.69) is 5.73 Å². The average molecular weight is 195 g/mol. The normalized spacial score (nSPS) is 15.5. The van der Waals surface area contributed by atoms with Gasteiger partial charge < -0.3 is 20.5 Å². The van der Waals surface area contributed by atoms with Crippen molar-refractivity contribution in [3.05, 3.63) is 0 Å². The maximum Gasteiger partial charge on any atom is 0.201 e. The summed E-state index contributed by atoms with van der Waals surface area (Å²) in [4.78, 5) is 19.1.